The number of benzene rings is 2. The van der Waals surface area contributed by atoms with E-state index in [2.05, 4.69) is 35.6 Å². The highest BCUT2D eigenvalue weighted by molar-refractivity contribution is 14.1. The summed E-state index contributed by atoms with van der Waals surface area (Å²) in [5.41, 5.74) is 11.9. The average molecular weight is 521 g/mol. The summed E-state index contributed by atoms with van der Waals surface area (Å²) in [6.45, 7) is 1.09. The van der Waals surface area contributed by atoms with Gasteiger partial charge in [-0.15, -0.1) is 0 Å². The Morgan fingerprint density at radius 2 is 2.03 bits per heavy atom. The molecule has 2 aliphatic heterocycles. The lowest BCUT2D eigenvalue weighted by atomic mass is 9.99. The van der Waals surface area contributed by atoms with Crippen LogP contribution in [0.3, 0.4) is 0 Å². The molecule has 1 saturated heterocycles. The number of rotatable bonds is 7. The number of aliphatic hydroxyl groups is 1. The van der Waals surface area contributed by atoms with Gasteiger partial charge in [0, 0.05) is 25.0 Å². The van der Waals surface area contributed by atoms with E-state index in [9.17, 15) is 9.90 Å². The largest absolute Gasteiger partial charge is 0.441 e. The highest BCUT2D eigenvalue weighted by atomic mass is 127. The topological polar surface area (TPSA) is 117 Å². The molecule has 2 aromatic carbocycles. The monoisotopic (exact) mass is 521 g/mol. The molecule has 2 heterocycles. The average Bonchev–Trinajstić information content (AvgIpc) is 3.24. The van der Waals surface area contributed by atoms with Crippen molar-refractivity contribution in [2.24, 2.45) is 11.6 Å². The van der Waals surface area contributed by atoms with E-state index in [4.69, 9.17) is 16.3 Å². The van der Waals surface area contributed by atoms with Crippen LogP contribution in [-0.2, 0) is 17.7 Å². The Morgan fingerprint density at radius 1 is 1.30 bits per heavy atom. The van der Waals surface area contributed by atoms with Crippen molar-refractivity contribution in [2.75, 3.05) is 18.1 Å². The molecule has 0 spiro atoms. The Balaban J connectivity index is 1.43. The van der Waals surface area contributed by atoms with E-state index in [1.54, 1.807) is 11.1 Å². The summed E-state index contributed by atoms with van der Waals surface area (Å²) in [6.07, 6.45) is 1.51. The summed E-state index contributed by atoms with van der Waals surface area (Å²) in [5.74, 6) is 5.53. The number of ether oxygens (including phenoxy) is 1. The van der Waals surface area contributed by atoms with Gasteiger partial charge in [-0.3, -0.25) is 8.12 Å². The van der Waals surface area contributed by atoms with Gasteiger partial charge in [-0.2, -0.15) is 0 Å². The highest BCUT2D eigenvalue weighted by Gasteiger charge is 2.47. The summed E-state index contributed by atoms with van der Waals surface area (Å²) < 4.78 is 6.64. The van der Waals surface area contributed by atoms with Crippen LogP contribution in [0.4, 0.5) is 10.5 Å². The smallest absolute Gasteiger partial charge is 0.415 e. The first-order valence-electron chi connectivity index (χ1n) is 9.66. The summed E-state index contributed by atoms with van der Waals surface area (Å²) in [6, 6.07) is 14.3. The second-order valence-electron chi connectivity index (χ2n) is 7.44. The van der Waals surface area contributed by atoms with Crippen LogP contribution < -0.4 is 21.8 Å². The van der Waals surface area contributed by atoms with E-state index in [1.165, 1.54) is 3.22 Å². The van der Waals surface area contributed by atoms with Gasteiger partial charge in [-0.05, 0) is 40.8 Å². The lowest BCUT2D eigenvalue weighted by Gasteiger charge is -2.14. The maximum Gasteiger partial charge on any atom is 0.415 e. The number of halogens is 1. The third-order valence-corrected chi connectivity index (χ3v) is 5.67. The highest BCUT2D eigenvalue weighted by Crippen LogP contribution is 2.40. The van der Waals surface area contributed by atoms with Crippen molar-refractivity contribution in [3.8, 4) is 11.1 Å². The molecule has 8 nitrogen and oxygen atoms in total. The van der Waals surface area contributed by atoms with Crippen molar-refractivity contribution >= 4 is 34.6 Å². The van der Waals surface area contributed by atoms with Gasteiger partial charge in [0.1, 0.15) is 6.10 Å². The van der Waals surface area contributed by atoms with Crippen LogP contribution in [0.2, 0.25) is 0 Å². The molecule has 1 fully saturated rings. The number of carbonyl (C=O) groups excluding carboxylic acids is 1. The van der Waals surface area contributed by atoms with E-state index in [0.29, 0.717) is 25.2 Å². The van der Waals surface area contributed by atoms with Crippen LogP contribution in [0.5, 0.6) is 0 Å². The van der Waals surface area contributed by atoms with E-state index in [0.717, 1.165) is 27.9 Å². The molecule has 158 valence electrons. The summed E-state index contributed by atoms with van der Waals surface area (Å²) in [7, 11) is 0. The molecule has 2 aliphatic rings. The van der Waals surface area contributed by atoms with E-state index >= 15 is 0 Å². The minimum Gasteiger partial charge on any atom is -0.441 e. The first-order valence-corrected chi connectivity index (χ1v) is 10.6. The van der Waals surface area contributed by atoms with Crippen molar-refractivity contribution in [2.45, 2.75) is 25.1 Å². The molecule has 6 N–H and O–H groups in total. The molecule has 30 heavy (non-hydrogen) atoms. The maximum atomic E-state index is 12.1. The number of carbonyl (C=O) groups is 1. The van der Waals surface area contributed by atoms with E-state index in [1.807, 2.05) is 35.0 Å². The van der Waals surface area contributed by atoms with Crippen molar-refractivity contribution in [1.29, 1.82) is 0 Å². The second kappa shape index (κ2) is 8.80. The van der Waals surface area contributed by atoms with Crippen molar-refractivity contribution < 1.29 is 14.6 Å². The van der Waals surface area contributed by atoms with Crippen LogP contribution in [-0.4, -0.2) is 39.7 Å². The molecule has 4 rings (SSSR count). The zero-order valence-electron chi connectivity index (χ0n) is 16.3. The van der Waals surface area contributed by atoms with Crippen LogP contribution in [0.1, 0.15) is 11.1 Å². The van der Waals surface area contributed by atoms with Crippen LogP contribution in [0, 0.1) is 0 Å². The van der Waals surface area contributed by atoms with Crippen LogP contribution in [0.25, 0.3) is 11.1 Å². The summed E-state index contributed by atoms with van der Waals surface area (Å²) >= 11 is 1.94. The number of hydrogen-bond donors (Lipinski definition) is 4. The molecule has 2 atom stereocenters. The van der Waals surface area contributed by atoms with Crippen LogP contribution >= 0.6 is 22.9 Å². The fourth-order valence-electron chi connectivity index (χ4n) is 3.98. The third-order valence-electron chi connectivity index (χ3n) is 5.39. The molecule has 0 saturated carbocycles. The predicted octanol–water partition coefficient (Wildman–Crippen LogP) is 2.01. The fraction of sp³-hybridized carbons (Fsp3) is 0.286. The molecule has 2 aromatic rings. The molecule has 1 amide bonds. The number of amides is 1. The minimum atomic E-state index is -0.464. The zero-order valence-corrected chi connectivity index (χ0v) is 18.5. The van der Waals surface area contributed by atoms with Crippen molar-refractivity contribution in [1.82, 2.24) is 8.54 Å². The van der Waals surface area contributed by atoms with Gasteiger partial charge in [0.2, 0.25) is 0 Å². The number of nitrogens with two attached hydrogens (primary N) is 2. The standard InChI is InChI=1S/C21H24IN5O3/c22-26(24)11-17(23)10-25-9-13-1-3-14(4-2-13)15-5-6-18-16(7-15)8-19-20(12-28)30-21(29)27(18)19/h1-7,11,19-20,25,28H,8-10,12,23-24H2/b17-11-/t19-,20-/m0/s1. The van der Waals surface area contributed by atoms with Gasteiger partial charge in [0.15, 0.2) is 0 Å². The van der Waals surface area contributed by atoms with Crippen molar-refractivity contribution in [3.63, 3.8) is 0 Å². The molecule has 0 aromatic heterocycles. The molecule has 9 heteroatoms. The SMILES string of the molecule is N/C(=C\N(N)I)CNCc1ccc(-c2ccc3c(c2)C[C@H]2[C@H](CO)OC(=O)N32)cc1. The summed E-state index contributed by atoms with van der Waals surface area (Å²) in [5, 5.41) is 12.8. The van der Waals surface area contributed by atoms with E-state index in [-0.39, 0.29) is 18.7 Å². The number of aliphatic hydroxyl groups excluding tert-OH is 1. The number of fused-ring (bicyclic) bond motifs is 3. The first kappa shape index (κ1) is 20.9. The summed E-state index contributed by atoms with van der Waals surface area (Å²) in [4.78, 5) is 13.8. The van der Waals surface area contributed by atoms with Gasteiger partial charge in [-0.1, -0.05) is 30.3 Å². The normalized spacial score (nSPS) is 20.2. The van der Waals surface area contributed by atoms with Gasteiger partial charge in [0.25, 0.3) is 0 Å². The predicted molar refractivity (Wildman–Crippen MR) is 123 cm³/mol. The molecular formula is C21H24IN5O3. The molecule has 0 unspecified atom stereocenters. The Kier molecular flexibility index (Phi) is 6.14. The van der Waals surface area contributed by atoms with Gasteiger partial charge >= 0.3 is 6.09 Å². The zero-order chi connectivity index (χ0) is 21.3. The lowest BCUT2D eigenvalue weighted by Crippen LogP contribution is -2.34. The number of hydrogen-bond acceptors (Lipinski definition) is 7. The van der Waals surface area contributed by atoms with Crippen molar-refractivity contribution in [3.05, 3.63) is 65.5 Å². The first-order chi connectivity index (χ1) is 14.5. The van der Waals surface area contributed by atoms with Gasteiger partial charge in [-0.25, -0.2) is 10.6 Å². The van der Waals surface area contributed by atoms with Gasteiger partial charge in [0.05, 0.1) is 41.2 Å². The molecule has 0 aliphatic carbocycles. The van der Waals surface area contributed by atoms with Crippen LogP contribution in [0.15, 0.2) is 54.4 Å². The second-order valence-corrected chi connectivity index (χ2v) is 8.55. The Morgan fingerprint density at radius 3 is 2.73 bits per heavy atom. The minimum absolute atomic E-state index is 0.124. The van der Waals surface area contributed by atoms with E-state index < -0.39 is 6.10 Å². The molecule has 0 radical (unpaired) electrons. The Bertz CT molecular complexity index is 964. The number of nitrogens with zero attached hydrogens (tertiary/aromatic N) is 2. The van der Waals surface area contributed by atoms with Gasteiger partial charge < -0.3 is 20.9 Å². The lowest BCUT2D eigenvalue weighted by molar-refractivity contribution is 0.0830. The Labute approximate surface area is 188 Å². The number of anilines is 1. The number of hydrazine groups is 1. The quantitative estimate of drug-likeness (QED) is 0.191. The third kappa shape index (κ3) is 4.24. The fourth-order valence-corrected chi connectivity index (χ4v) is 4.34. The maximum absolute atomic E-state index is 12.1. The molecular weight excluding hydrogens is 497 g/mol. The number of nitrogens with one attached hydrogen (secondary N) is 1. The number of cyclic esters (lactones) is 1. The Hall–Kier alpha value is -2.34. The molecule has 0 bridgehead atoms.